The van der Waals surface area contributed by atoms with E-state index in [1.807, 2.05) is 19.1 Å². The first-order valence-electron chi connectivity index (χ1n) is 3.89. The fourth-order valence-electron chi connectivity index (χ4n) is 0.918. The standard InChI is InChI=1S/C5H12N2.C2H7N/c6-7-4-2-1-3-5-7;1-3-2/h1-6H2;3H,1-2H3. The maximum Gasteiger partial charge on any atom is 0.0128 e. The number of hydrogen-bond acceptors (Lipinski definition) is 3. The van der Waals surface area contributed by atoms with Gasteiger partial charge in [-0.15, -0.1) is 0 Å². The molecule has 1 aliphatic heterocycles. The van der Waals surface area contributed by atoms with Crippen LogP contribution in [0.4, 0.5) is 0 Å². The van der Waals surface area contributed by atoms with Crippen LogP contribution in [0.1, 0.15) is 19.3 Å². The number of hydrogen-bond donors (Lipinski definition) is 2. The van der Waals surface area contributed by atoms with E-state index in [9.17, 15) is 0 Å². The molecule has 3 heteroatoms. The summed E-state index contributed by atoms with van der Waals surface area (Å²) in [6.07, 6.45) is 3.95. The number of nitrogens with two attached hydrogens (primary N) is 1. The van der Waals surface area contributed by atoms with Gasteiger partial charge in [0.2, 0.25) is 0 Å². The van der Waals surface area contributed by atoms with Crippen LogP contribution in [-0.4, -0.2) is 32.2 Å². The molecule has 0 atom stereocenters. The summed E-state index contributed by atoms with van der Waals surface area (Å²) in [7, 11) is 3.75. The SMILES string of the molecule is CNC.NN1CCCCC1. The molecule has 1 saturated heterocycles. The molecular weight excluding hydrogens is 126 g/mol. The quantitative estimate of drug-likeness (QED) is 0.478. The average molecular weight is 145 g/mol. The number of piperidine rings is 1. The Kier molecular flexibility index (Phi) is 6.91. The van der Waals surface area contributed by atoms with E-state index >= 15 is 0 Å². The highest BCUT2D eigenvalue weighted by Gasteiger charge is 2.02. The number of nitrogens with zero attached hydrogens (tertiary/aromatic N) is 1. The minimum atomic E-state index is 1.10. The number of hydrazine groups is 1. The zero-order valence-corrected chi connectivity index (χ0v) is 7.06. The van der Waals surface area contributed by atoms with Crippen molar-refractivity contribution >= 4 is 0 Å². The van der Waals surface area contributed by atoms with Crippen LogP contribution < -0.4 is 11.2 Å². The van der Waals surface area contributed by atoms with Crippen LogP contribution in [0.2, 0.25) is 0 Å². The molecule has 3 nitrogen and oxygen atoms in total. The van der Waals surface area contributed by atoms with E-state index in [1.54, 1.807) is 0 Å². The summed E-state index contributed by atoms with van der Waals surface area (Å²) >= 11 is 0. The van der Waals surface area contributed by atoms with Crippen molar-refractivity contribution in [2.45, 2.75) is 19.3 Å². The third-order valence-corrected chi connectivity index (χ3v) is 1.39. The molecule has 1 rings (SSSR count). The average Bonchev–Trinajstić information content (AvgIpc) is 1.91. The molecule has 10 heavy (non-hydrogen) atoms. The largest absolute Gasteiger partial charge is 0.323 e. The molecule has 1 heterocycles. The zero-order valence-electron chi connectivity index (χ0n) is 7.06. The Morgan fingerprint density at radius 2 is 1.50 bits per heavy atom. The van der Waals surface area contributed by atoms with Crippen molar-refractivity contribution in [3.05, 3.63) is 0 Å². The highest BCUT2D eigenvalue weighted by atomic mass is 15.4. The molecule has 0 aromatic carbocycles. The van der Waals surface area contributed by atoms with Gasteiger partial charge in [0.25, 0.3) is 0 Å². The third kappa shape index (κ3) is 6.01. The minimum absolute atomic E-state index is 1.10. The van der Waals surface area contributed by atoms with Crippen molar-refractivity contribution in [3.8, 4) is 0 Å². The summed E-state index contributed by atoms with van der Waals surface area (Å²) in [5.41, 5.74) is 0. The molecule has 0 bridgehead atoms. The van der Waals surface area contributed by atoms with E-state index in [0.717, 1.165) is 13.1 Å². The molecule has 0 radical (unpaired) electrons. The van der Waals surface area contributed by atoms with E-state index < -0.39 is 0 Å². The van der Waals surface area contributed by atoms with Crippen molar-refractivity contribution in [1.82, 2.24) is 10.3 Å². The molecule has 1 fully saturated rings. The van der Waals surface area contributed by atoms with E-state index in [0.29, 0.717) is 0 Å². The number of nitrogens with one attached hydrogen (secondary N) is 1. The summed E-state index contributed by atoms with van der Waals surface area (Å²) in [6.45, 7) is 2.19. The lowest BCUT2D eigenvalue weighted by molar-refractivity contribution is 0.235. The lowest BCUT2D eigenvalue weighted by Gasteiger charge is -2.20. The molecular formula is C7H19N3. The molecule has 0 aromatic rings. The molecule has 0 aliphatic carbocycles. The third-order valence-electron chi connectivity index (χ3n) is 1.39. The van der Waals surface area contributed by atoms with E-state index in [2.05, 4.69) is 5.32 Å². The predicted molar refractivity (Wildman–Crippen MR) is 44.6 cm³/mol. The smallest absolute Gasteiger partial charge is 0.0128 e. The first-order valence-corrected chi connectivity index (χ1v) is 3.89. The lowest BCUT2D eigenvalue weighted by atomic mass is 10.2. The molecule has 1 aliphatic rings. The van der Waals surface area contributed by atoms with E-state index in [1.165, 1.54) is 19.3 Å². The fraction of sp³-hybridized carbons (Fsp3) is 1.00. The summed E-state index contributed by atoms with van der Waals surface area (Å²) in [5, 5.41) is 4.64. The van der Waals surface area contributed by atoms with Gasteiger partial charge < -0.3 is 5.32 Å². The van der Waals surface area contributed by atoms with Gasteiger partial charge in [0.05, 0.1) is 0 Å². The predicted octanol–water partition coefficient (Wildman–Crippen LogP) is 0.182. The van der Waals surface area contributed by atoms with Crippen LogP contribution in [-0.2, 0) is 0 Å². The first kappa shape index (κ1) is 9.88. The van der Waals surface area contributed by atoms with Gasteiger partial charge in [-0.2, -0.15) is 0 Å². The monoisotopic (exact) mass is 145 g/mol. The fourth-order valence-corrected chi connectivity index (χ4v) is 0.918. The Hall–Kier alpha value is -0.120. The van der Waals surface area contributed by atoms with Crippen LogP contribution in [0.25, 0.3) is 0 Å². The van der Waals surface area contributed by atoms with Gasteiger partial charge in [-0.05, 0) is 26.9 Å². The van der Waals surface area contributed by atoms with E-state index in [4.69, 9.17) is 5.84 Å². The van der Waals surface area contributed by atoms with Crippen molar-refractivity contribution in [2.75, 3.05) is 27.2 Å². The minimum Gasteiger partial charge on any atom is -0.323 e. The van der Waals surface area contributed by atoms with Gasteiger partial charge in [-0.25, -0.2) is 5.01 Å². The topological polar surface area (TPSA) is 41.3 Å². The zero-order chi connectivity index (χ0) is 7.82. The van der Waals surface area contributed by atoms with Crippen molar-refractivity contribution in [2.24, 2.45) is 5.84 Å². The molecule has 0 unspecified atom stereocenters. The maximum absolute atomic E-state index is 5.47. The highest BCUT2D eigenvalue weighted by Crippen LogP contribution is 2.03. The second kappa shape index (κ2) is 6.99. The molecule has 0 amide bonds. The van der Waals surface area contributed by atoms with Gasteiger partial charge in [0, 0.05) is 13.1 Å². The molecule has 0 spiro atoms. The Labute approximate surface area is 63.5 Å². The summed E-state index contributed by atoms with van der Waals surface area (Å²) in [5.74, 6) is 5.47. The second-order valence-electron chi connectivity index (χ2n) is 2.60. The Morgan fingerprint density at radius 1 is 1.10 bits per heavy atom. The van der Waals surface area contributed by atoms with Crippen LogP contribution in [0.5, 0.6) is 0 Å². The van der Waals surface area contributed by atoms with Gasteiger partial charge >= 0.3 is 0 Å². The summed E-state index contributed by atoms with van der Waals surface area (Å²) < 4.78 is 0. The van der Waals surface area contributed by atoms with Gasteiger partial charge in [-0.1, -0.05) is 6.42 Å². The van der Waals surface area contributed by atoms with Crippen LogP contribution in [0.3, 0.4) is 0 Å². The first-order chi connectivity index (χ1) is 4.81. The van der Waals surface area contributed by atoms with Crippen molar-refractivity contribution < 1.29 is 0 Å². The molecule has 0 saturated carbocycles. The highest BCUT2D eigenvalue weighted by molar-refractivity contribution is 4.56. The Bertz CT molecular complexity index is 59.9. The van der Waals surface area contributed by atoms with E-state index in [-0.39, 0.29) is 0 Å². The molecule has 0 aromatic heterocycles. The van der Waals surface area contributed by atoms with Gasteiger partial charge in [0.15, 0.2) is 0 Å². The van der Waals surface area contributed by atoms with Crippen LogP contribution >= 0.6 is 0 Å². The second-order valence-corrected chi connectivity index (χ2v) is 2.60. The Morgan fingerprint density at radius 3 is 1.70 bits per heavy atom. The van der Waals surface area contributed by atoms with Crippen molar-refractivity contribution in [1.29, 1.82) is 0 Å². The van der Waals surface area contributed by atoms with Gasteiger partial charge in [-0.3, -0.25) is 5.84 Å². The summed E-state index contributed by atoms with van der Waals surface area (Å²) in [4.78, 5) is 0. The lowest BCUT2D eigenvalue weighted by Crippen LogP contribution is -2.35. The maximum atomic E-state index is 5.47. The Balaban J connectivity index is 0.000000236. The van der Waals surface area contributed by atoms with Gasteiger partial charge in [0.1, 0.15) is 0 Å². The number of rotatable bonds is 0. The molecule has 3 N–H and O–H groups in total. The van der Waals surface area contributed by atoms with Crippen LogP contribution in [0.15, 0.2) is 0 Å². The normalized spacial score (nSPS) is 19.5. The van der Waals surface area contributed by atoms with Crippen molar-refractivity contribution in [3.63, 3.8) is 0 Å². The summed E-state index contributed by atoms with van der Waals surface area (Å²) in [6, 6.07) is 0. The molecule has 62 valence electrons. The van der Waals surface area contributed by atoms with Crippen LogP contribution in [0, 0.1) is 0 Å².